The number of likely N-dealkylation sites (N-methyl/N-ethyl adjacent to an activating group) is 1. The molecule has 0 amide bonds. The number of thiocarbonyl (C=S) groups is 1. The number of hydrogen-bond acceptors (Lipinski definition) is 4. The van der Waals surface area contributed by atoms with Crippen LogP contribution in [0, 0.1) is 0 Å². The van der Waals surface area contributed by atoms with Gasteiger partial charge in [-0.15, -0.1) is 0 Å². The van der Waals surface area contributed by atoms with Crippen LogP contribution < -0.4 is 11.2 Å². The van der Waals surface area contributed by atoms with E-state index in [-0.39, 0.29) is 10.6 Å². The second-order valence-corrected chi connectivity index (χ2v) is 5.46. The van der Waals surface area contributed by atoms with Crippen molar-refractivity contribution in [3.63, 3.8) is 0 Å². The second-order valence-electron chi connectivity index (χ2n) is 5.02. The van der Waals surface area contributed by atoms with E-state index < -0.39 is 11.7 Å². The van der Waals surface area contributed by atoms with Gasteiger partial charge in [0.05, 0.1) is 11.3 Å². The molecule has 1 fully saturated rings. The molecule has 0 aromatic heterocycles. The summed E-state index contributed by atoms with van der Waals surface area (Å²) in [6.45, 7) is 3.31. The minimum absolute atomic E-state index is 0.0577. The molecule has 0 unspecified atom stereocenters. The van der Waals surface area contributed by atoms with Gasteiger partial charge in [-0.2, -0.15) is 13.2 Å². The van der Waals surface area contributed by atoms with Crippen LogP contribution in [0.4, 0.5) is 18.9 Å². The zero-order valence-corrected chi connectivity index (χ0v) is 12.4. The third-order valence-electron chi connectivity index (χ3n) is 3.39. The van der Waals surface area contributed by atoms with Gasteiger partial charge in [0.1, 0.15) is 4.99 Å². The Morgan fingerprint density at radius 3 is 2.38 bits per heavy atom. The first kappa shape index (κ1) is 16.0. The van der Waals surface area contributed by atoms with Gasteiger partial charge in [-0.25, -0.2) is 5.01 Å². The lowest BCUT2D eigenvalue weighted by atomic mass is 10.1. The summed E-state index contributed by atoms with van der Waals surface area (Å²) in [5.74, 6) is 0. The minimum Gasteiger partial charge on any atom is -0.389 e. The molecule has 21 heavy (non-hydrogen) atoms. The van der Waals surface area contributed by atoms with E-state index in [1.54, 1.807) is 0 Å². The predicted octanol–water partition coefficient (Wildman–Crippen LogP) is 1.91. The van der Waals surface area contributed by atoms with Gasteiger partial charge in [-0.1, -0.05) is 12.2 Å². The number of nitrogens with one attached hydrogen (secondary N) is 1. The SMILES string of the molecule is CN1CCN(Nc2ccc(C(F)(F)F)cc2C(N)=S)CC1. The van der Waals surface area contributed by atoms with Crippen LogP contribution in [0.15, 0.2) is 18.2 Å². The molecule has 1 saturated heterocycles. The van der Waals surface area contributed by atoms with E-state index in [9.17, 15) is 13.2 Å². The Morgan fingerprint density at radius 2 is 1.86 bits per heavy atom. The second kappa shape index (κ2) is 6.17. The number of halogens is 3. The van der Waals surface area contributed by atoms with Crippen LogP contribution in [-0.4, -0.2) is 48.1 Å². The third kappa shape index (κ3) is 4.05. The number of piperazine rings is 1. The van der Waals surface area contributed by atoms with Crippen molar-refractivity contribution >= 4 is 22.9 Å². The molecule has 0 bridgehead atoms. The van der Waals surface area contributed by atoms with Gasteiger partial charge in [0.15, 0.2) is 0 Å². The lowest BCUT2D eigenvalue weighted by molar-refractivity contribution is -0.137. The van der Waals surface area contributed by atoms with Crippen molar-refractivity contribution in [1.82, 2.24) is 9.91 Å². The van der Waals surface area contributed by atoms with E-state index in [0.29, 0.717) is 5.69 Å². The number of nitrogens with zero attached hydrogens (tertiary/aromatic N) is 2. The smallest absolute Gasteiger partial charge is 0.389 e. The average molecular weight is 318 g/mol. The standard InChI is InChI=1S/C13H17F3N4S/c1-19-4-6-20(7-5-19)18-11-3-2-9(13(14,15)16)8-10(11)12(17)21/h2-3,8,18H,4-7H2,1H3,(H2,17,21). The fourth-order valence-corrected chi connectivity index (χ4v) is 2.28. The Kier molecular flexibility index (Phi) is 4.70. The maximum atomic E-state index is 12.7. The molecule has 116 valence electrons. The number of nitrogens with two attached hydrogens (primary N) is 1. The minimum atomic E-state index is -4.41. The van der Waals surface area contributed by atoms with Gasteiger partial charge in [-0.05, 0) is 25.2 Å². The summed E-state index contributed by atoms with van der Waals surface area (Å²) in [5.41, 5.74) is 8.60. The molecule has 1 aliphatic heterocycles. The zero-order valence-electron chi connectivity index (χ0n) is 11.6. The quantitative estimate of drug-likeness (QED) is 0.834. The van der Waals surface area contributed by atoms with Gasteiger partial charge in [-0.3, -0.25) is 0 Å². The van der Waals surface area contributed by atoms with E-state index in [1.165, 1.54) is 6.07 Å². The monoisotopic (exact) mass is 318 g/mol. The zero-order chi connectivity index (χ0) is 15.6. The highest BCUT2D eigenvalue weighted by atomic mass is 32.1. The predicted molar refractivity (Wildman–Crippen MR) is 80.0 cm³/mol. The van der Waals surface area contributed by atoms with Crippen LogP contribution >= 0.6 is 12.2 Å². The molecule has 0 spiro atoms. The van der Waals surface area contributed by atoms with Crippen LogP contribution in [0.25, 0.3) is 0 Å². The molecular formula is C13H17F3N4S. The van der Waals surface area contributed by atoms with Crippen molar-refractivity contribution in [2.45, 2.75) is 6.18 Å². The molecule has 1 aromatic carbocycles. The van der Waals surface area contributed by atoms with E-state index in [4.69, 9.17) is 18.0 Å². The van der Waals surface area contributed by atoms with Crippen molar-refractivity contribution in [2.24, 2.45) is 5.73 Å². The topological polar surface area (TPSA) is 44.5 Å². The molecule has 0 saturated carbocycles. The molecule has 3 N–H and O–H groups in total. The molecule has 2 rings (SSSR count). The van der Waals surface area contributed by atoms with Crippen molar-refractivity contribution in [3.8, 4) is 0 Å². The third-order valence-corrected chi connectivity index (χ3v) is 3.61. The highest BCUT2D eigenvalue weighted by molar-refractivity contribution is 7.80. The molecule has 0 radical (unpaired) electrons. The van der Waals surface area contributed by atoms with Crippen LogP contribution in [0.5, 0.6) is 0 Å². The van der Waals surface area contributed by atoms with Gasteiger partial charge >= 0.3 is 6.18 Å². The molecule has 0 aliphatic carbocycles. The van der Waals surface area contributed by atoms with Crippen molar-refractivity contribution in [2.75, 3.05) is 38.7 Å². The fraction of sp³-hybridized carbons (Fsp3) is 0.462. The van der Waals surface area contributed by atoms with Gasteiger partial charge in [0, 0.05) is 31.7 Å². The van der Waals surface area contributed by atoms with Crippen molar-refractivity contribution < 1.29 is 13.2 Å². The molecule has 1 heterocycles. The summed E-state index contributed by atoms with van der Waals surface area (Å²) < 4.78 is 38.2. The average Bonchev–Trinajstić information content (AvgIpc) is 2.40. The first-order chi connectivity index (χ1) is 9.77. The van der Waals surface area contributed by atoms with E-state index >= 15 is 0 Å². The first-order valence-corrected chi connectivity index (χ1v) is 6.89. The molecule has 8 heteroatoms. The van der Waals surface area contributed by atoms with Crippen LogP contribution in [0.1, 0.15) is 11.1 Å². The number of hydrogen-bond donors (Lipinski definition) is 2. The molecule has 1 aliphatic rings. The van der Waals surface area contributed by atoms with E-state index in [1.807, 2.05) is 12.1 Å². The maximum Gasteiger partial charge on any atom is 0.416 e. The van der Waals surface area contributed by atoms with Crippen molar-refractivity contribution in [3.05, 3.63) is 29.3 Å². The number of hydrazine groups is 1. The summed E-state index contributed by atoms with van der Waals surface area (Å²) in [4.78, 5) is 2.12. The maximum absolute atomic E-state index is 12.7. The first-order valence-electron chi connectivity index (χ1n) is 6.48. The summed E-state index contributed by atoms with van der Waals surface area (Å²) in [7, 11) is 2.02. The van der Waals surface area contributed by atoms with E-state index in [2.05, 4.69) is 10.3 Å². The number of anilines is 1. The summed E-state index contributed by atoms with van der Waals surface area (Å²) in [5, 5.41) is 1.95. The Hall–Kier alpha value is -1.38. The Labute approximate surface area is 126 Å². The van der Waals surface area contributed by atoms with Gasteiger partial charge in [0.25, 0.3) is 0 Å². The van der Waals surface area contributed by atoms with E-state index in [0.717, 1.165) is 38.3 Å². The Bertz CT molecular complexity index is 525. The molecule has 1 aromatic rings. The number of rotatable bonds is 3. The van der Waals surface area contributed by atoms with Crippen LogP contribution in [0.3, 0.4) is 0 Å². The summed E-state index contributed by atoms with van der Waals surface area (Å²) in [6.07, 6.45) is -4.41. The number of benzene rings is 1. The van der Waals surface area contributed by atoms with Crippen LogP contribution in [-0.2, 0) is 6.18 Å². The summed E-state index contributed by atoms with van der Waals surface area (Å²) >= 11 is 4.86. The van der Waals surface area contributed by atoms with Gasteiger partial charge < -0.3 is 16.1 Å². The Balaban J connectivity index is 2.21. The highest BCUT2D eigenvalue weighted by Gasteiger charge is 2.31. The normalized spacial score (nSPS) is 17.7. The fourth-order valence-electron chi connectivity index (χ4n) is 2.11. The van der Waals surface area contributed by atoms with Gasteiger partial charge in [0.2, 0.25) is 0 Å². The lowest BCUT2D eigenvalue weighted by Crippen LogP contribution is -2.47. The number of alkyl halides is 3. The molecule has 4 nitrogen and oxygen atoms in total. The highest BCUT2D eigenvalue weighted by Crippen LogP contribution is 2.32. The largest absolute Gasteiger partial charge is 0.416 e. The van der Waals surface area contributed by atoms with Crippen molar-refractivity contribution in [1.29, 1.82) is 0 Å². The summed E-state index contributed by atoms with van der Waals surface area (Å²) in [6, 6.07) is 3.39. The Morgan fingerprint density at radius 1 is 1.24 bits per heavy atom. The van der Waals surface area contributed by atoms with Crippen LogP contribution in [0.2, 0.25) is 0 Å². The molecular weight excluding hydrogens is 301 g/mol. The lowest BCUT2D eigenvalue weighted by Gasteiger charge is -2.33. The molecule has 0 atom stereocenters.